The molecule has 5 nitrogen and oxygen atoms in total. The molecule has 3 rings (SSSR count). The van der Waals surface area contributed by atoms with E-state index in [-0.39, 0.29) is 16.4 Å². The zero-order valence-electron chi connectivity index (χ0n) is 12.7. The molecule has 24 heavy (non-hydrogen) atoms. The lowest BCUT2D eigenvalue weighted by Crippen LogP contribution is -2.16. The molecule has 0 aliphatic carbocycles. The Morgan fingerprint density at radius 2 is 1.79 bits per heavy atom. The number of aromatic nitrogens is 1. The second-order valence-electron chi connectivity index (χ2n) is 5.01. The third-order valence-electron chi connectivity index (χ3n) is 3.51. The summed E-state index contributed by atoms with van der Waals surface area (Å²) in [5, 5.41) is 4.50. The number of ether oxygens (including phenoxy) is 1. The molecule has 0 aliphatic heterocycles. The van der Waals surface area contributed by atoms with Gasteiger partial charge >= 0.3 is 5.97 Å². The number of fused-ring (bicyclic) bond motifs is 1. The molecule has 1 aromatic heterocycles. The van der Waals surface area contributed by atoms with Crippen molar-refractivity contribution in [1.29, 1.82) is 0 Å². The summed E-state index contributed by atoms with van der Waals surface area (Å²) >= 11 is 6.15. The Kier molecular flexibility index (Phi) is 4.44. The molecule has 1 N–H and O–H groups in total. The topological polar surface area (TPSA) is 68.3 Å². The van der Waals surface area contributed by atoms with Crippen LogP contribution in [0, 0.1) is 0 Å². The van der Waals surface area contributed by atoms with Gasteiger partial charge in [-0.05, 0) is 23.6 Å². The van der Waals surface area contributed by atoms with Crippen molar-refractivity contribution in [3.63, 3.8) is 0 Å². The van der Waals surface area contributed by atoms with Crippen molar-refractivity contribution in [1.82, 2.24) is 4.98 Å². The highest BCUT2D eigenvalue weighted by Gasteiger charge is 2.16. The van der Waals surface area contributed by atoms with Crippen molar-refractivity contribution in [3.05, 3.63) is 71.0 Å². The largest absolute Gasteiger partial charge is 0.465 e. The van der Waals surface area contributed by atoms with Crippen LogP contribution in [0.2, 0.25) is 5.15 Å². The van der Waals surface area contributed by atoms with Crippen LogP contribution in [-0.4, -0.2) is 24.0 Å². The average Bonchev–Trinajstić information content (AvgIpc) is 2.61. The summed E-state index contributed by atoms with van der Waals surface area (Å²) in [7, 11) is 1.28. The predicted molar refractivity (Wildman–Crippen MR) is 92.5 cm³/mol. The molecule has 0 atom stereocenters. The van der Waals surface area contributed by atoms with Gasteiger partial charge in [0.1, 0.15) is 10.8 Å². The Balaban J connectivity index is 1.95. The number of amides is 1. The lowest BCUT2D eigenvalue weighted by atomic mass is 10.1. The van der Waals surface area contributed by atoms with Crippen LogP contribution >= 0.6 is 11.6 Å². The van der Waals surface area contributed by atoms with E-state index in [2.05, 4.69) is 10.3 Å². The molecule has 1 heterocycles. The molecular formula is C18H13ClN2O3. The molecule has 2 aromatic carbocycles. The van der Waals surface area contributed by atoms with Crippen LogP contribution in [0.4, 0.5) is 5.69 Å². The van der Waals surface area contributed by atoms with Gasteiger partial charge in [0.25, 0.3) is 5.91 Å². The molecule has 0 spiro atoms. The zero-order chi connectivity index (χ0) is 17.1. The van der Waals surface area contributed by atoms with Crippen LogP contribution in [0.3, 0.4) is 0 Å². The van der Waals surface area contributed by atoms with E-state index in [1.54, 1.807) is 30.3 Å². The lowest BCUT2D eigenvalue weighted by Gasteiger charge is -2.10. The highest BCUT2D eigenvalue weighted by Crippen LogP contribution is 2.23. The van der Waals surface area contributed by atoms with Crippen LogP contribution in [0.1, 0.15) is 20.8 Å². The maximum atomic E-state index is 12.5. The number of anilines is 1. The number of hydrogen-bond acceptors (Lipinski definition) is 4. The highest BCUT2D eigenvalue weighted by molar-refractivity contribution is 6.34. The predicted octanol–water partition coefficient (Wildman–Crippen LogP) is 3.93. The SMILES string of the molecule is COC(=O)c1ccccc1NC(=O)c1cc2ccccc2c(Cl)n1. The number of nitrogens with zero attached hydrogens (tertiary/aromatic N) is 1. The molecule has 0 radical (unpaired) electrons. The molecule has 1 amide bonds. The summed E-state index contributed by atoms with van der Waals surface area (Å²) in [5.74, 6) is -0.991. The van der Waals surface area contributed by atoms with Gasteiger partial charge in [-0.15, -0.1) is 0 Å². The van der Waals surface area contributed by atoms with Crippen molar-refractivity contribution >= 4 is 39.9 Å². The molecule has 0 bridgehead atoms. The van der Waals surface area contributed by atoms with Gasteiger partial charge < -0.3 is 10.1 Å². The smallest absolute Gasteiger partial charge is 0.339 e. The average molecular weight is 341 g/mol. The first kappa shape index (κ1) is 16.0. The van der Waals surface area contributed by atoms with Crippen molar-refractivity contribution < 1.29 is 14.3 Å². The van der Waals surface area contributed by atoms with E-state index in [0.29, 0.717) is 5.69 Å². The van der Waals surface area contributed by atoms with Crippen LogP contribution in [0.25, 0.3) is 10.8 Å². The van der Waals surface area contributed by atoms with Crippen LogP contribution in [0.5, 0.6) is 0 Å². The number of pyridine rings is 1. The second-order valence-corrected chi connectivity index (χ2v) is 5.37. The minimum absolute atomic E-state index is 0.165. The third-order valence-corrected chi connectivity index (χ3v) is 3.80. The fraction of sp³-hybridized carbons (Fsp3) is 0.0556. The highest BCUT2D eigenvalue weighted by atomic mass is 35.5. The fourth-order valence-electron chi connectivity index (χ4n) is 2.34. The Hall–Kier alpha value is -2.92. The number of para-hydroxylation sites is 1. The molecule has 3 aromatic rings. The minimum atomic E-state index is -0.532. The molecule has 0 saturated heterocycles. The van der Waals surface area contributed by atoms with Crippen molar-refractivity contribution in [3.8, 4) is 0 Å². The van der Waals surface area contributed by atoms with Gasteiger partial charge in [-0.3, -0.25) is 4.79 Å². The van der Waals surface area contributed by atoms with Gasteiger partial charge in [0.05, 0.1) is 18.4 Å². The van der Waals surface area contributed by atoms with Crippen molar-refractivity contribution in [2.24, 2.45) is 0 Å². The van der Waals surface area contributed by atoms with E-state index < -0.39 is 11.9 Å². The Labute approximate surface area is 143 Å². The summed E-state index contributed by atoms with van der Waals surface area (Å²) < 4.78 is 4.71. The first-order valence-corrected chi connectivity index (χ1v) is 7.52. The van der Waals surface area contributed by atoms with Gasteiger partial charge in [-0.1, -0.05) is 48.0 Å². The second kappa shape index (κ2) is 6.68. The number of benzene rings is 2. The third kappa shape index (κ3) is 3.07. The monoisotopic (exact) mass is 340 g/mol. The molecule has 120 valence electrons. The number of rotatable bonds is 3. The summed E-state index contributed by atoms with van der Waals surface area (Å²) in [6, 6.07) is 15.6. The first-order chi connectivity index (χ1) is 11.6. The molecule has 0 fully saturated rings. The molecular weight excluding hydrogens is 328 g/mol. The number of methoxy groups -OCH3 is 1. The van der Waals surface area contributed by atoms with E-state index in [1.165, 1.54) is 7.11 Å². The summed E-state index contributed by atoms with van der Waals surface area (Å²) in [4.78, 5) is 28.4. The van der Waals surface area contributed by atoms with Crippen LogP contribution in [-0.2, 0) is 4.74 Å². The Morgan fingerprint density at radius 3 is 2.58 bits per heavy atom. The van der Waals surface area contributed by atoms with E-state index in [1.807, 2.05) is 24.3 Å². The van der Waals surface area contributed by atoms with Gasteiger partial charge in [-0.25, -0.2) is 9.78 Å². The van der Waals surface area contributed by atoms with Crippen molar-refractivity contribution in [2.45, 2.75) is 0 Å². The number of nitrogens with one attached hydrogen (secondary N) is 1. The molecule has 0 saturated carbocycles. The lowest BCUT2D eigenvalue weighted by molar-refractivity contribution is 0.0602. The van der Waals surface area contributed by atoms with Gasteiger partial charge in [-0.2, -0.15) is 0 Å². The number of halogens is 1. The zero-order valence-corrected chi connectivity index (χ0v) is 13.5. The fourth-order valence-corrected chi connectivity index (χ4v) is 2.60. The summed E-state index contributed by atoms with van der Waals surface area (Å²) in [5.41, 5.74) is 0.777. The van der Waals surface area contributed by atoms with Crippen molar-refractivity contribution in [2.75, 3.05) is 12.4 Å². The quantitative estimate of drug-likeness (QED) is 0.579. The number of esters is 1. The first-order valence-electron chi connectivity index (χ1n) is 7.14. The molecule has 6 heteroatoms. The van der Waals surface area contributed by atoms with E-state index in [4.69, 9.17) is 16.3 Å². The number of carbonyl (C=O) groups is 2. The maximum Gasteiger partial charge on any atom is 0.339 e. The van der Waals surface area contributed by atoms with E-state index in [9.17, 15) is 9.59 Å². The Bertz CT molecular complexity index is 940. The maximum absolute atomic E-state index is 12.5. The van der Waals surface area contributed by atoms with E-state index >= 15 is 0 Å². The molecule has 0 aliphatic rings. The normalized spacial score (nSPS) is 10.4. The minimum Gasteiger partial charge on any atom is -0.465 e. The van der Waals surface area contributed by atoms with E-state index in [0.717, 1.165) is 10.8 Å². The van der Waals surface area contributed by atoms with Gasteiger partial charge in [0.15, 0.2) is 0 Å². The standard InChI is InChI=1S/C18H13ClN2O3/c1-24-18(23)13-8-4-5-9-14(13)21-17(22)15-10-11-6-2-3-7-12(11)16(19)20-15/h2-10H,1H3,(H,21,22). The van der Waals surface area contributed by atoms with Gasteiger partial charge in [0, 0.05) is 5.39 Å². The summed E-state index contributed by atoms with van der Waals surface area (Å²) in [6.45, 7) is 0. The number of hydrogen-bond donors (Lipinski definition) is 1. The molecule has 0 unspecified atom stereocenters. The summed E-state index contributed by atoms with van der Waals surface area (Å²) in [6.07, 6.45) is 0. The van der Waals surface area contributed by atoms with Gasteiger partial charge in [0.2, 0.25) is 0 Å². The van der Waals surface area contributed by atoms with Crippen LogP contribution in [0.15, 0.2) is 54.6 Å². The number of carbonyl (C=O) groups excluding carboxylic acids is 2. The Morgan fingerprint density at radius 1 is 1.08 bits per heavy atom. The van der Waals surface area contributed by atoms with Crippen LogP contribution < -0.4 is 5.32 Å².